The Morgan fingerprint density at radius 3 is 2.76 bits per heavy atom. The van der Waals surface area contributed by atoms with Crippen LogP contribution in [0.2, 0.25) is 5.02 Å². The minimum absolute atomic E-state index is 0. The highest BCUT2D eigenvalue weighted by molar-refractivity contribution is 7.99. The van der Waals surface area contributed by atoms with Crippen LogP contribution in [-0.2, 0) is 6.54 Å². The van der Waals surface area contributed by atoms with Gasteiger partial charge in [-0.2, -0.15) is 4.68 Å². The normalized spacial score (nSPS) is 10.7. The first-order valence-corrected chi connectivity index (χ1v) is 11.3. The molecule has 4 aromatic rings. The van der Waals surface area contributed by atoms with Crippen LogP contribution in [0.3, 0.4) is 0 Å². The van der Waals surface area contributed by atoms with Gasteiger partial charge in [0.15, 0.2) is 0 Å². The van der Waals surface area contributed by atoms with Crippen LogP contribution in [0.1, 0.15) is 22.5 Å². The van der Waals surface area contributed by atoms with Gasteiger partial charge in [-0.15, -0.1) is 17.5 Å². The Bertz CT molecular complexity index is 1200. The van der Waals surface area contributed by atoms with E-state index in [0.717, 1.165) is 35.3 Å². The summed E-state index contributed by atoms with van der Waals surface area (Å²) in [5, 5.41) is 25.6. The number of halogens is 2. The molecule has 0 bridgehead atoms. The standard InChI is InChI=1S/C22H20ClN5O3S.ClH/c23-19-9-7-15(21(29)30)13-18(19)20-10-8-17(31-20)14-24-11-4-12-32-22-25-26-27-28(22)16-5-2-1-3-6-16;/h1-3,5-10,13,24H,4,11-12,14H2,(H,29,30);1H. The molecule has 0 saturated carbocycles. The minimum atomic E-state index is -1.01. The number of nitrogens with one attached hydrogen (secondary N) is 1. The molecule has 11 heteroatoms. The number of carboxylic acids is 1. The summed E-state index contributed by atoms with van der Waals surface area (Å²) >= 11 is 7.81. The summed E-state index contributed by atoms with van der Waals surface area (Å²) in [5.41, 5.74) is 1.65. The van der Waals surface area contributed by atoms with Crippen molar-refractivity contribution >= 4 is 41.7 Å². The minimum Gasteiger partial charge on any atom is -0.478 e. The Labute approximate surface area is 205 Å². The predicted octanol–water partition coefficient (Wildman–Crippen LogP) is 4.97. The maximum atomic E-state index is 11.2. The number of hydrogen-bond donors (Lipinski definition) is 2. The number of hydrogen-bond acceptors (Lipinski definition) is 7. The van der Waals surface area contributed by atoms with Crippen molar-refractivity contribution in [3.8, 4) is 17.0 Å². The molecule has 0 amide bonds. The van der Waals surface area contributed by atoms with Crippen LogP contribution in [-0.4, -0.2) is 43.6 Å². The lowest BCUT2D eigenvalue weighted by Gasteiger charge is -2.05. The number of aromatic carboxylic acids is 1. The zero-order valence-electron chi connectivity index (χ0n) is 17.3. The molecule has 2 aromatic carbocycles. The molecular weight excluding hydrogens is 485 g/mol. The third-order valence-electron chi connectivity index (χ3n) is 4.61. The molecule has 8 nitrogen and oxygen atoms in total. The van der Waals surface area contributed by atoms with E-state index in [9.17, 15) is 9.90 Å². The van der Waals surface area contributed by atoms with Gasteiger partial charge in [0, 0.05) is 11.3 Å². The molecule has 0 aliphatic rings. The highest BCUT2D eigenvalue weighted by Crippen LogP contribution is 2.30. The van der Waals surface area contributed by atoms with E-state index in [-0.39, 0.29) is 18.0 Å². The number of rotatable bonds is 10. The number of aromatic nitrogens is 4. The van der Waals surface area contributed by atoms with E-state index in [2.05, 4.69) is 20.8 Å². The molecule has 2 N–H and O–H groups in total. The van der Waals surface area contributed by atoms with Crippen molar-refractivity contribution in [3.05, 3.63) is 77.0 Å². The molecule has 2 aromatic heterocycles. The van der Waals surface area contributed by atoms with Gasteiger partial charge in [-0.3, -0.25) is 0 Å². The first-order chi connectivity index (χ1) is 15.6. The predicted molar refractivity (Wildman–Crippen MR) is 130 cm³/mol. The summed E-state index contributed by atoms with van der Waals surface area (Å²) in [6, 6.07) is 18.0. The van der Waals surface area contributed by atoms with E-state index in [0.29, 0.717) is 22.9 Å². The van der Waals surface area contributed by atoms with E-state index in [1.807, 2.05) is 36.4 Å². The van der Waals surface area contributed by atoms with Gasteiger partial charge in [0.2, 0.25) is 5.16 Å². The van der Waals surface area contributed by atoms with Gasteiger partial charge < -0.3 is 14.8 Å². The first-order valence-electron chi connectivity index (χ1n) is 9.91. The molecule has 0 spiro atoms. The summed E-state index contributed by atoms with van der Waals surface area (Å²) in [6.45, 7) is 1.36. The second-order valence-electron chi connectivity index (χ2n) is 6.85. The van der Waals surface area contributed by atoms with Crippen molar-refractivity contribution in [2.45, 2.75) is 18.1 Å². The van der Waals surface area contributed by atoms with Crippen molar-refractivity contribution in [2.24, 2.45) is 0 Å². The fourth-order valence-electron chi connectivity index (χ4n) is 3.04. The third-order valence-corrected chi connectivity index (χ3v) is 5.95. The van der Waals surface area contributed by atoms with Gasteiger partial charge in [-0.25, -0.2) is 4.79 Å². The highest BCUT2D eigenvalue weighted by atomic mass is 35.5. The number of carbonyl (C=O) groups is 1. The monoisotopic (exact) mass is 505 g/mol. The molecule has 2 heterocycles. The molecule has 4 rings (SSSR count). The SMILES string of the molecule is Cl.O=C(O)c1ccc(Cl)c(-c2ccc(CNCCCSc3nnnn3-c3ccccc3)o2)c1. The molecule has 0 unspecified atom stereocenters. The van der Waals surface area contributed by atoms with Crippen LogP contribution in [0, 0.1) is 0 Å². The van der Waals surface area contributed by atoms with Crippen LogP contribution >= 0.6 is 35.8 Å². The van der Waals surface area contributed by atoms with E-state index >= 15 is 0 Å². The Kier molecular flexibility index (Phi) is 8.90. The van der Waals surface area contributed by atoms with Crippen LogP contribution in [0.25, 0.3) is 17.0 Å². The maximum absolute atomic E-state index is 11.2. The zero-order chi connectivity index (χ0) is 22.3. The molecule has 0 fully saturated rings. The van der Waals surface area contributed by atoms with Crippen LogP contribution < -0.4 is 5.32 Å². The van der Waals surface area contributed by atoms with Gasteiger partial charge in [0.1, 0.15) is 11.5 Å². The largest absolute Gasteiger partial charge is 0.478 e. The Morgan fingerprint density at radius 2 is 1.97 bits per heavy atom. The second kappa shape index (κ2) is 11.9. The average molecular weight is 506 g/mol. The molecule has 0 atom stereocenters. The van der Waals surface area contributed by atoms with Gasteiger partial charge in [-0.05, 0) is 65.9 Å². The lowest BCUT2D eigenvalue weighted by Crippen LogP contribution is -2.14. The van der Waals surface area contributed by atoms with Gasteiger partial charge in [0.25, 0.3) is 0 Å². The molecule has 0 radical (unpaired) electrons. The summed E-state index contributed by atoms with van der Waals surface area (Å²) in [7, 11) is 0. The van der Waals surface area contributed by atoms with Gasteiger partial charge in [0.05, 0.1) is 22.8 Å². The fraction of sp³-hybridized carbons (Fsp3) is 0.182. The Balaban J connectivity index is 0.00000306. The Hall–Kier alpha value is -2.85. The van der Waals surface area contributed by atoms with Crippen molar-refractivity contribution in [1.29, 1.82) is 0 Å². The smallest absolute Gasteiger partial charge is 0.335 e. The molecular formula is C22H21Cl2N5O3S. The average Bonchev–Trinajstić information content (AvgIpc) is 3.46. The summed E-state index contributed by atoms with van der Waals surface area (Å²) < 4.78 is 7.57. The number of para-hydroxylation sites is 1. The van der Waals surface area contributed by atoms with E-state index in [1.54, 1.807) is 28.6 Å². The molecule has 0 aliphatic carbocycles. The molecule has 0 aliphatic heterocycles. The van der Waals surface area contributed by atoms with Crippen molar-refractivity contribution in [3.63, 3.8) is 0 Å². The van der Waals surface area contributed by atoms with Gasteiger partial charge in [-0.1, -0.05) is 41.6 Å². The quantitative estimate of drug-likeness (QED) is 0.230. The van der Waals surface area contributed by atoms with Crippen LogP contribution in [0.4, 0.5) is 0 Å². The molecule has 172 valence electrons. The number of benzene rings is 2. The zero-order valence-corrected chi connectivity index (χ0v) is 19.7. The molecule has 33 heavy (non-hydrogen) atoms. The van der Waals surface area contributed by atoms with E-state index < -0.39 is 5.97 Å². The second-order valence-corrected chi connectivity index (χ2v) is 8.32. The van der Waals surface area contributed by atoms with Crippen molar-refractivity contribution < 1.29 is 14.3 Å². The highest BCUT2D eigenvalue weighted by Gasteiger charge is 2.13. The number of thioether (sulfide) groups is 1. The summed E-state index contributed by atoms with van der Waals surface area (Å²) in [4.78, 5) is 11.2. The van der Waals surface area contributed by atoms with Crippen molar-refractivity contribution in [2.75, 3.05) is 12.3 Å². The fourth-order valence-corrected chi connectivity index (χ4v) is 4.08. The summed E-state index contributed by atoms with van der Waals surface area (Å²) in [5.74, 6) is 1.14. The third kappa shape index (κ3) is 6.35. The van der Waals surface area contributed by atoms with Crippen molar-refractivity contribution in [1.82, 2.24) is 25.5 Å². The van der Waals surface area contributed by atoms with E-state index in [1.165, 1.54) is 12.1 Å². The molecule has 0 saturated heterocycles. The van der Waals surface area contributed by atoms with Crippen LogP contribution in [0.5, 0.6) is 0 Å². The lowest BCUT2D eigenvalue weighted by molar-refractivity contribution is 0.0697. The Morgan fingerprint density at radius 1 is 1.15 bits per heavy atom. The van der Waals surface area contributed by atoms with Gasteiger partial charge >= 0.3 is 5.97 Å². The number of nitrogens with zero attached hydrogens (tertiary/aromatic N) is 4. The first kappa shape index (κ1) is 24.8. The van der Waals surface area contributed by atoms with Crippen LogP contribution in [0.15, 0.2) is 70.2 Å². The topological polar surface area (TPSA) is 106 Å². The maximum Gasteiger partial charge on any atom is 0.335 e. The lowest BCUT2D eigenvalue weighted by atomic mass is 10.1. The van der Waals surface area contributed by atoms with E-state index in [4.69, 9.17) is 16.0 Å². The summed E-state index contributed by atoms with van der Waals surface area (Å²) in [6.07, 6.45) is 0.923. The number of tetrazole rings is 1. The number of furan rings is 1. The number of carboxylic acid groups (broad SMARTS) is 1.